The summed E-state index contributed by atoms with van der Waals surface area (Å²) >= 11 is 3.56. The molecule has 3 heterocycles. The average Bonchev–Trinajstić information content (AvgIpc) is 3.49. The summed E-state index contributed by atoms with van der Waals surface area (Å²) in [7, 11) is 1.64. The minimum absolute atomic E-state index is 0.0843. The normalized spacial score (nSPS) is 22.1. The Morgan fingerprint density at radius 1 is 1.34 bits per heavy atom. The van der Waals surface area contributed by atoms with E-state index in [-0.39, 0.29) is 18.1 Å². The molecule has 2 aliphatic heterocycles. The van der Waals surface area contributed by atoms with Crippen LogP contribution in [0.5, 0.6) is 5.75 Å². The second kappa shape index (κ2) is 8.40. The van der Waals surface area contributed by atoms with Gasteiger partial charge >= 0.3 is 0 Å². The number of imidazole rings is 1. The van der Waals surface area contributed by atoms with Gasteiger partial charge in [0.15, 0.2) is 11.5 Å². The van der Waals surface area contributed by atoms with Gasteiger partial charge in [-0.1, -0.05) is 6.07 Å². The number of halogens is 1. The molecular formula is C22H27BrN6O3. The third kappa shape index (κ3) is 3.55. The summed E-state index contributed by atoms with van der Waals surface area (Å²) in [5.74, 6) is 2.66. The summed E-state index contributed by atoms with van der Waals surface area (Å²) in [5, 5.41) is 13.5. The number of aliphatic hydroxyl groups excluding tert-OH is 1. The highest BCUT2D eigenvalue weighted by Gasteiger charge is 2.41. The minimum Gasteiger partial charge on any atom is -0.496 e. The first kappa shape index (κ1) is 21.3. The molecule has 3 aliphatic rings. The lowest BCUT2D eigenvalue weighted by Crippen LogP contribution is -2.50. The zero-order valence-electron chi connectivity index (χ0n) is 18.2. The number of anilines is 2. The van der Waals surface area contributed by atoms with Gasteiger partial charge in [0.25, 0.3) is 5.91 Å². The largest absolute Gasteiger partial charge is 0.496 e. The van der Waals surface area contributed by atoms with Gasteiger partial charge in [0.2, 0.25) is 11.9 Å². The number of rotatable bonds is 6. The first-order valence-electron chi connectivity index (χ1n) is 11.0. The Morgan fingerprint density at radius 2 is 2.19 bits per heavy atom. The quantitative estimate of drug-likeness (QED) is 0.630. The van der Waals surface area contributed by atoms with Crippen LogP contribution in [-0.4, -0.2) is 70.3 Å². The van der Waals surface area contributed by atoms with Crippen LogP contribution in [0, 0.1) is 0 Å². The van der Waals surface area contributed by atoms with Gasteiger partial charge in [-0.3, -0.25) is 24.2 Å². The Bertz CT molecular complexity index is 1080. The summed E-state index contributed by atoms with van der Waals surface area (Å²) in [4.78, 5) is 26.7. The van der Waals surface area contributed by atoms with Crippen molar-refractivity contribution >= 4 is 39.6 Å². The monoisotopic (exact) mass is 502 g/mol. The van der Waals surface area contributed by atoms with Gasteiger partial charge < -0.3 is 15.2 Å². The summed E-state index contributed by atoms with van der Waals surface area (Å²) < 4.78 is 8.18. The number of guanidine groups is 1. The molecule has 1 aliphatic carbocycles. The van der Waals surface area contributed by atoms with Crippen LogP contribution in [0.2, 0.25) is 0 Å². The standard InChI is InChI=1S/C22H27BrN6O3/c1-3-27-20(31)18-19(28-9-8-24-22(27)28)26-21(25-14-5-6-15(30)11-14)29(18)12-13-4-7-17(32-2)16(23)10-13/h4,7,10,14-15,30H,3,5-6,8-9,11-12H2,1-2H3,(H,25,26). The fourth-order valence-electron chi connectivity index (χ4n) is 4.74. The predicted octanol–water partition coefficient (Wildman–Crippen LogP) is 2.68. The van der Waals surface area contributed by atoms with Gasteiger partial charge in [0, 0.05) is 19.1 Å². The number of nitrogens with one attached hydrogen (secondary N) is 1. The molecular weight excluding hydrogens is 476 g/mol. The van der Waals surface area contributed by atoms with Crippen LogP contribution < -0.4 is 15.0 Å². The van der Waals surface area contributed by atoms with E-state index in [2.05, 4.69) is 26.2 Å². The van der Waals surface area contributed by atoms with Crippen LogP contribution in [0.15, 0.2) is 27.7 Å². The predicted molar refractivity (Wildman–Crippen MR) is 126 cm³/mol. The van der Waals surface area contributed by atoms with E-state index in [0.29, 0.717) is 56.0 Å². The second-order valence-electron chi connectivity index (χ2n) is 8.35. The number of methoxy groups -OCH3 is 1. The Labute approximate surface area is 195 Å². The highest BCUT2D eigenvalue weighted by atomic mass is 79.9. The summed E-state index contributed by atoms with van der Waals surface area (Å²) in [5.41, 5.74) is 1.59. The van der Waals surface area contributed by atoms with Crippen LogP contribution in [0.4, 0.5) is 11.8 Å². The van der Waals surface area contributed by atoms with Crippen molar-refractivity contribution in [3.8, 4) is 5.75 Å². The Morgan fingerprint density at radius 3 is 2.88 bits per heavy atom. The van der Waals surface area contributed by atoms with Crippen molar-refractivity contribution in [3.05, 3.63) is 33.9 Å². The van der Waals surface area contributed by atoms with E-state index in [1.807, 2.05) is 34.6 Å². The second-order valence-corrected chi connectivity index (χ2v) is 9.21. The van der Waals surface area contributed by atoms with Crippen molar-refractivity contribution in [2.75, 3.05) is 37.0 Å². The van der Waals surface area contributed by atoms with Crippen LogP contribution in [0.3, 0.4) is 0 Å². The van der Waals surface area contributed by atoms with Crippen LogP contribution in [-0.2, 0) is 6.54 Å². The van der Waals surface area contributed by atoms with E-state index in [1.165, 1.54) is 0 Å². The lowest BCUT2D eigenvalue weighted by Gasteiger charge is -2.32. The molecule has 1 aromatic heterocycles. The molecule has 1 aromatic carbocycles. The molecule has 0 bridgehead atoms. The van der Waals surface area contributed by atoms with Gasteiger partial charge in [-0.25, -0.2) is 0 Å². The molecule has 0 spiro atoms. The number of carbonyl (C=O) groups excluding carboxylic acids is 1. The highest BCUT2D eigenvalue weighted by Crippen LogP contribution is 2.35. The molecule has 170 valence electrons. The van der Waals surface area contributed by atoms with E-state index in [9.17, 15) is 9.90 Å². The number of aliphatic hydroxyl groups is 1. The number of hydrogen-bond donors (Lipinski definition) is 2. The van der Waals surface area contributed by atoms with E-state index in [4.69, 9.17) is 9.72 Å². The molecule has 32 heavy (non-hydrogen) atoms. The van der Waals surface area contributed by atoms with E-state index in [0.717, 1.165) is 28.6 Å². The lowest BCUT2D eigenvalue weighted by molar-refractivity contribution is 0.0836. The number of aromatic nitrogens is 2. The van der Waals surface area contributed by atoms with Crippen molar-refractivity contribution in [2.45, 2.75) is 44.9 Å². The molecule has 0 radical (unpaired) electrons. The third-order valence-electron chi connectivity index (χ3n) is 6.32. The number of aliphatic imine (C=N–C) groups is 1. The van der Waals surface area contributed by atoms with Crippen LogP contribution in [0.1, 0.15) is 42.2 Å². The van der Waals surface area contributed by atoms with Gasteiger partial charge in [-0.15, -0.1) is 0 Å². The molecule has 2 atom stereocenters. The lowest BCUT2D eigenvalue weighted by atomic mass is 10.2. The maximum absolute atomic E-state index is 13.5. The van der Waals surface area contributed by atoms with Crippen LogP contribution in [0.25, 0.3) is 0 Å². The van der Waals surface area contributed by atoms with Gasteiger partial charge in [0.05, 0.1) is 30.8 Å². The maximum atomic E-state index is 13.5. The number of amides is 1. The van der Waals surface area contributed by atoms with Crippen molar-refractivity contribution in [2.24, 2.45) is 4.99 Å². The van der Waals surface area contributed by atoms with E-state index in [1.54, 1.807) is 12.0 Å². The number of carbonyl (C=O) groups is 1. The molecule has 1 fully saturated rings. The molecule has 1 saturated carbocycles. The van der Waals surface area contributed by atoms with Crippen molar-refractivity contribution in [3.63, 3.8) is 0 Å². The first-order chi connectivity index (χ1) is 15.5. The number of nitrogens with zero attached hydrogens (tertiary/aromatic N) is 5. The van der Waals surface area contributed by atoms with Gasteiger partial charge in [0.1, 0.15) is 5.75 Å². The molecule has 10 heteroatoms. The Balaban J connectivity index is 1.58. The van der Waals surface area contributed by atoms with Crippen molar-refractivity contribution in [1.29, 1.82) is 0 Å². The SMILES string of the molecule is CCN1C(=O)c2c(nc(NC3CCC(O)C3)n2Cc2ccc(OC)c(Br)c2)N2CCN=C12. The number of benzene rings is 1. The first-order valence-corrected chi connectivity index (χ1v) is 11.8. The molecule has 1 amide bonds. The Hall–Kier alpha value is -2.59. The fourth-order valence-corrected chi connectivity index (χ4v) is 5.32. The highest BCUT2D eigenvalue weighted by molar-refractivity contribution is 9.10. The molecule has 5 rings (SSSR count). The molecule has 9 nitrogen and oxygen atoms in total. The van der Waals surface area contributed by atoms with Crippen molar-refractivity contribution < 1.29 is 14.6 Å². The van der Waals surface area contributed by atoms with Crippen LogP contribution >= 0.6 is 15.9 Å². The third-order valence-corrected chi connectivity index (χ3v) is 6.94. The number of ether oxygens (including phenoxy) is 1. The van der Waals surface area contributed by atoms with Gasteiger partial charge in [-0.05, 0) is 59.8 Å². The minimum atomic E-state index is -0.294. The van der Waals surface area contributed by atoms with Gasteiger partial charge in [-0.2, -0.15) is 4.98 Å². The summed E-state index contributed by atoms with van der Waals surface area (Å²) in [6, 6.07) is 6.03. The van der Waals surface area contributed by atoms with E-state index < -0.39 is 0 Å². The summed E-state index contributed by atoms with van der Waals surface area (Å²) in [6.07, 6.45) is 2.03. The molecule has 0 saturated heterocycles. The maximum Gasteiger partial charge on any atom is 0.281 e. The fraction of sp³-hybridized carbons (Fsp3) is 0.500. The number of hydrogen-bond acceptors (Lipinski definition) is 7. The van der Waals surface area contributed by atoms with Crippen molar-refractivity contribution in [1.82, 2.24) is 14.5 Å². The number of fused-ring (bicyclic) bond motifs is 3. The summed E-state index contributed by atoms with van der Waals surface area (Å²) in [6.45, 7) is 4.34. The zero-order valence-corrected chi connectivity index (χ0v) is 19.8. The zero-order chi connectivity index (χ0) is 22.4. The molecule has 2 N–H and O–H groups in total. The smallest absolute Gasteiger partial charge is 0.281 e. The van der Waals surface area contributed by atoms with E-state index >= 15 is 0 Å². The molecule has 2 unspecified atom stereocenters. The topological polar surface area (TPSA) is 95.2 Å². The average molecular weight is 503 g/mol. The molecule has 2 aromatic rings. The Kier molecular flexibility index (Phi) is 5.58.